The van der Waals surface area contributed by atoms with Crippen molar-refractivity contribution in [1.29, 1.82) is 0 Å². The molecule has 0 N–H and O–H groups in total. The van der Waals surface area contributed by atoms with Crippen LogP contribution in [0, 0.1) is 0 Å². The summed E-state index contributed by atoms with van der Waals surface area (Å²) in [7, 11) is 2.13. The summed E-state index contributed by atoms with van der Waals surface area (Å²) in [5.74, 6) is 0. The average molecular weight is 684 g/mol. The van der Waals surface area contributed by atoms with Gasteiger partial charge in [-0.15, -0.1) is 0 Å². The highest BCUT2D eigenvalue weighted by atomic mass is 31.0. The molecule has 0 amide bonds. The third kappa shape index (κ3) is 17.7. The van der Waals surface area contributed by atoms with Crippen molar-refractivity contribution in [2.45, 2.75) is 185 Å². The molecule has 0 aliphatic rings. The van der Waals surface area contributed by atoms with Crippen molar-refractivity contribution in [3.8, 4) is 0 Å². The molecule has 0 nitrogen and oxygen atoms in total. The van der Waals surface area contributed by atoms with Gasteiger partial charge in [0.05, 0.1) is 6.16 Å². The summed E-state index contributed by atoms with van der Waals surface area (Å²) in [6, 6.07) is 33.7. The van der Waals surface area contributed by atoms with E-state index in [1.54, 1.807) is 0 Å². The van der Waals surface area contributed by atoms with Gasteiger partial charge in [0.15, 0.2) is 0 Å². The van der Waals surface area contributed by atoms with Crippen LogP contribution in [0.3, 0.4) is 0 Å². The average Bonchev–Trinajstić information content (AvgIpc) is 3.15. The van der Waals surface area contributed by atoms with E-state index >= 15 is 0 Å². The molecule has 272 valence electrons. The lowest BCUT2D eigenvalue weighted by Gasteiger charge is -2.36. The summed E-state index contributed by atoms with van der Waals surface area (Å²) >= 11 is 0. The van der Waals surface area contributed by atoms with Gasteiger partial charge in [0.25, 0.3) is 0 Å². The van der Waals surface area contributed by atoms with Crippen LogP contribution in [0.25, 0.3) is 0 Å². The van der Waals surface area contributed by atoms with Crippen LogP contribution in [0.5, 0.6) is 0 Å². The Morgan fingerprint density at radius 3 is 0.694 bits per heavy atom. The Bertz CT molecular complexity index is 1010. The van der Waals surface area contributed by atoms with Crippen molar-refractivity contribution >= 4 is 9.24 Å². The number of unbranched alkanes of at least 4 members (excludes halogenated alkanes) is 26. The summed E-state index contributed by atoms with van der Waals surface area (Å²) in [5, 5.41) is 0. The van der Waals surface area contributed by atoms with E-state index in [-0.39, 0.29) is 5.41 Å². The zero-order chi connectivity index (χ0) is 34.3. The van der Waals surface area contributed by atoms with Crippen LogP contribution in [0.15, 0.2) is 91.0 Å². The molecule has 1 atom stereocenters. The normalized spacial score (nSPS) is 11.8. The lowest BCUT2D eigenvalue weighted by atomic mass is 9.66. The maximum Gasteiger partial charge on any atom is 0.0526 e. The van der Waals surface area contributed by atoms with E-state index in [2.05, 4.69) is 100 Å². The van der Waals surface area contributed by atoms with Gasteiger partial charge in [0.1, 0.15) is 0 Å². The minimum atomic E-state index is -0.0875. The van der Waals surface area contributed by atoms with Gasteiger partial charge in [-0.25, -0.2) is 0 Å². The first-order valence-corrected chi connectivity index (χ1v) is 22.3. The van der Waals surface area contributed by atoms with Gasteiger partial charge < -0.3 is 0 Å². The molecule has 0 saturated heterocycles. The fourth-order valence-electron chi connectivity index (χ4n) is 8.09. The van der Waals surface area contributed by atoms with Gasteiger partial charge >= 0.3 is 0 Å². The first kappa shape index (κ1) is 41.5. The Hall–Kier alpha value is -1.91. The van der Waals surface area contributed by atoms with E-state index < -0.39 is 0 Å². The Labute approximate surface area is 307 Å². The summed E-state index contributed by atoms with van der Waals surface area (Å²) in [4.78, 5) is 0. The van der Waals surface area contributed by atoms with Gasteiger partial charge in [-0.1, -0.05) is 252 Å². The van der Waals surface area contributed by atoms with Crippen LogP contribution < -0.4 is 0 Å². The lowest BCUT2D eigenvalue weighted by Crippen LogP contribution is -2.29. The van der Waals surface area contributed by atoms with Gasteiger partial charge in [-0.05, 0) is 45.2 Å². The highest BCUT2D eigenvalue weighted by molar-refractivity contribution is 7.16. The van der Waals surface area contributed by atoms with Crippen LogP contribution in [0.1, 0.15) is 196 Å². The number of hydrogen-bond donors (Lipinski definition) is 0. The molecule has 0 spiro atoms. The number of hydrogen-bond acceptors (Lipinski definition) is 0. The molecule has 0 aromatic heterocycles. The van der Waals surface area contributed by atoms with Crippen LogP contribution in [-0.4, -0.2) is 6.16 Å². The first-order chi connectivity index (χ1) is 24.4. The van der Waals surface area contributed by atoms with E-state index in [0.717, 1.165) is 6.42 Å². The standard InChI is InChI=1S/C48H75P/c49-44-36-25-23-21-19-17-15-13-11-9-7-5-3-1-2-4-6-8-10-12-14-16-18-20-22-24-35-43-48(45-37-29-26-30-38-45,46-39-31-27-32-40-46)47-41-33-28-34-42-47/h26-34,37-42H,1-25,35-36,43-44,49H2/p+1. The molecule has 0 heterocycles. The molecule has 49 heavy (non-hydrogen) atoms. The second-order valence-electron chi connectivity index (χ2n) is 15.2. The van der Waals surface area contributed by atoms with Crippen molar-refractivity contribution < 1.29 is 0 Å². The SMILES string of the molecule is [PH3+]CCCCCCCCCCCCCCCCCCCCCCCCCCCCCC(c1ccccc1)(c1ccccc1)c1ccccc1. The quantitative estimate of drug-likeness (QED) is 0.0349. The molecular formula is C48H76P+. The van der Waals surface area contributed by atoms with Crippen LogP contribution in [-0.2, 0) is 5.41 Å². The maximum atomic E-state index is 2.33. The van der Waals surface area contributed by atoms with Crippen LogP contribution >= 0.6 is 9.24 Å². The molecule has 0 aliphatic heterocycles. The van der Waals surface area contributed by atoms with Crippen LogP contribution in [0.2, 0.25) is 0 Å². The second-order valence-corrected chi connectivity index (χ2v) is 15.9. The highest BCUT2D eigenvalue weighted by Crippen LogP contribution is 2.43. The minimum Gasteiger partial charge on any atom is -0.0622 e. The third-order valence-corrected chi connectivity index (χ3v) is 11.6. The summed E-state index contributed by atoms with van der Waals surface area (Å²) < 4.78 is 0. The van der Waals surface area contributed by atoms with E-state index in [0.29, 0.717) is 0 Å². The zero-order valence-electron chi connectivity index (χ0n) is 31.9. The summed E-state index contributed by atoms with van der Waals surface area (Å²) in [6.45, 7) is 0. The smallest absolute Gasteiger partial charge is 0.0526 e. The first-order valence-electron chi connectivity index (χ1n) is 21.3. The minimum absolute atomic E-state index is 0.0875. The topological polar surface area (TPSA) is 0 Å². The van der Waals surface area contributed by atoms with E-state index in [4.69, 9.17) is 0 Å². The second kappa shape index (κ2) is 28.8. The van der Waals surface area contributed by atoms with Gasteiger partial charge in [-0.3, -0.25) is 0 Å². The Morgan fingerprint density at radius 1 is 0.265 bits per heavy atom. The number of benzene rings is 3. The highest BCUT2D eigenvalue weighted by Gasteiger charge is 2.35. The van der Waals surface area contributed by atoms with Gasteiger partial charge in [-0.2, -0.15) is 0 Å². The van der Waals surface area contributed by atoms with Crippen molar-refractivity contribution in [2.75, 3.05) is 6.16 Å². The molecular weight excluding hydrogens is 608 g/mol. The van der Waals surface area contributed by atoms with Crippen LogP contribution in [0.4, 0.5) is 0 Å². The number of rotatable bonds is 32. The van der Waals surface area contributed by atoms with Crippen molar-refractivity contribution in [3.05, 3.63) is 108 Å². The summed E-state index contributed by atoms with van der Waals surface area (Å²) in [6.07, 6.45) is 41.7. The molecule has 0 fully saturated rings. The molecule has 1 unspecified atom stereocenters. The molecule has 0 bridgehead atoms. The molecule has 3 rings (SSSR count). The molecule has 0 saturated carbocycles. The van der Waals surface area contributed by atoms with E-state index in [9.17, 15) is 0 Å². The maximum absolute atomic E-state index is 2.33. The molecule has 1 heteroatoms. The van der Waals surface area contributed by atoms with E-state index in [1.807, 2.05) is 0 Å². The fraction of sp³-hybridized carbons (Fsp3) is 0.625. The predicted molar refractivity (Wildman–Crippen MR) is 224 cm³/mol. The molecule has 0 radical (unpaired) electrons. The molecule has 0 aliphatic carbocycles. The fourth-order valence-corrected chi connectivity index (χ4v) is 8.44. The van der Waals surface area contributed by atoms with Crippen molar-refractivity contribution in [3.63, 3.8) is 0 Å². The summed E-state index contributed by atoms with van der Waals surface area (Å²) in [5.41, 5.74) is 4.16. The Morgan fingerprint density at radius 2 is 0.469 bits per heavy atom. The van der Waals surface area contributed by atoms with Crippen molar-refractivity contribution in [2.24, 2.45) is 0 Å². The van der Waals surface area contributed by atoms with E-state index in [1.165, 1.54) is 196 Å². The molecule has 3 aromatic carbocycles. The lowest BCUT2D eigenvalue weighted by molar-refractivity contribution is 0.490. The largest absolute Gasteiger partial charge is 0.0622 e. The monoisotopic (exact) mass is 684 g/mol. The zero-order valence-corrected chi connectivity index (χ0v) is 33.3. The van der Waals surface area contributed by atoms with Crippen molar-refractivity contribution in [1.82, 2.24) is 0 Å². The van der Waals surface area contributed by atoms with Gasteiger partial charge in [0, 0.05) is 5.41 Å². The Balaban J connectivity index is 1.13. The van der Waals surface area contributed by atoms with Gasteiger partial charge in [0.2, 0.25) is 0 Å². The molecule has 3 aromatic rings. The Kier molecular flexibility index (Phi) is 24.4. The third-order valence-electron chi connectivity index (χ3n) is 11.1. The predicted octanol–water partition coefficient (Wildman–Crippen LogP) is 15.6.